The standard InChI is InChI=1S/C32H34ClF2N3O5S/c1-42-20-43-31-29(35)16-26(44(40,41)37-13-11-22(12-14-37)21-5-3-2-4-6-21)17-30(31)38-24-8-9-25(38)19-36(18-24)32(39)27-10-7-23(34)15-28(27)33/h2-7,10,15-17,22,24-25H,8-9,11-14,18-20H2,1H3. The van der Waals surface area contributed by atoms with Gasteiger partial charge < -0.3 is 19.3 Å². The predicted octanol–water partition coefficient (Wildman–Crippen LogP) is 5.66. The van der Waals surface area contributed by atoms with Crippen molar-refractivity contribution in [3.05, 3.63) is 88.4 Å². The number of benzene rings is 3. The van der Waals surface area contributed by atoms with Crippen molar-refractivity contribution in [3.8, 4) is 5.75 Å². The Morgan fingerprint density at radius 1 is 0.955 bits per heavy atom. The molecule has 3 aromatic carbocycles. The summed E-state index contributed by atoms with van der Waals surface area (Å²) >= 11 is 6.18. The number of nitrogens with zero attached hydrogens (tertiary/aromatic N) is 3. The fourth-order valence-electron chi connectivity index (χ4n) is 6.76. The third-order valence-electron chi connectivity index (χ3n) is 8.89. The maximum absolute atomic E-state index is 15.7. The number of fused-ring (bicyclic) bond motifs is 2. The number of likely N-dealkylation sites (tertiary alicyclic amines) is 1. The molecule has 3 aliphatic heterocycles. The summed E-state index contributed by atoms with van der Waals surface area (Å²) in [7, 11) is -2.58. The molecule has 3 saturated heterocycles. The molecule has 3 fully saturated rings. The first-order chi connectivity index (χ1) is 21.2. The Balaban J connectivity index is 1.27. The number of piperidine rings is 1. The van der Waals surface area contributed by atoms with E-state index in [1.54, 1.807) is 4.90 Å². The average molecular weight is 646 g/mol. The van der Waals surface area contributed by atoms with E-state index in [-0.39, 0.29) is 51.9 Å². The molecule has 3 heterocycles. The number of hydrogen-bond donors (Lipinski definition) is 0. The Hall–Kier alpha value is -3.25. The molecule has 0 aliphatic carbocycles. The first-order valence-corrected chi connectivity index (χ1v) is 16.5. The molecule has 2 unspecified atom stereocenters. The van der Waals surface area contributed by atoms with Crippen molar-refractivity contribution >= 4 is 33.2 Å². The smallest absolute Gasteiger partial charge is 0.255 e. The van der Waals surface area contributed by atoms with Crippen molar-refractivity contribution in [2.45, 2.75) is 48.6 Å². The zero-order chi connectivity index (χ0) is 31.0. The van der Waals surface area contributed by atoms with Crippen molar-refractivity contribution in [1.29, 1.82) is 0 Å². The van der Waals surface area contributed by atoms with Crippen molar-refractivity contribution in [3.63, 3.8) is 0 Å². The van der Waals surface area contributed by atoms with Gasteiger partial charge in [-0.2, -0.15) is 4.31 Å². The highest BCUT2D eigenvalue weighted by molar-refractivity contribution is 7.89. The average Bonchev–Trinajstić information content (AvgIpc) is 3.28. The first-order valence-electron chi connectivity index (χ1n) is 14.7. The fourth-order valence-corrected chi connectivity index (χ4v) is 8.51. The van der Waals surface area contributed by atoms with Gasteiger partial charge in [0.2, 0.25) is 10.0 Å². The van der Waals surface area contributed by atoms with Gasteiger partial charge in [-0.05, 0) is 67.5 Å². The van der Waals surface area contributed by atoms with Gasteiger partial charge in [-0.25, -0.2) is 17.2 Å². The molecule has 3 aromatic rings. The van der Waals surface area contributed by atoms with Gasteiger partial charge in [-0.3, -0.25) is 4.79 Å². The molecule has 2 atom stereocenters. The van der Waals surface area contributed by atoms with E-state index in [9.17, 15) is 17.6 Å². The van der Waals surface area contributed by atoms with E-state index < -0.39 is 21.7 Å². The second-order valence-corrected chi connectivity index (χ2v) is 13.9. The Bertz CT molecular complexity index is 1620. The third kappa shape index (κ3) is 5.90. The second kappa shape index (κ2) is 12.6. The summed E-state index contributed by atoms with van der Waals surface area (Å²) in [4.78, 5) is 16.9. The Morgan fingerprint density at radius 2 is 1.64 bits per heavy atom. The van der Waals surface area contributed by atoms with Crippen molar-refractivity contribution in [2.75, 3.05) is 45.0 Å². The minimum absolute atomic E-state index is 0.0350. The molecule has 6 rings (SSSR count). The molecule has 3 aliphatic rings. The molecule has 0 saturated carbocycles. The summed E-state index contributed by atoms with van der Waals surface area (Å²) in [5.41, 5.74) is 1.71. The molecule has 2 bridgehead atoms. The summed E-state index contributed by atoms with van der Waals surface area (Å²) in [6.45, 7) is 1.05. The van der Waals surface area contributed by atoms with Crippen LogP contribution in [0.1, 0.15) is 47.5 Å². The van der Waals surface area contributed by atoms with E-state index in [4.69, 9.17) is 21.1 Å². The summed E-state index contributed by atoms with van der Waals surface area (Å²) in [5, 5.41) is 0.0350. The highest BCUT2D eigenvalue weighted by Crippen LogP contribution is 2.43. The Kier molecular flexibility index (Phi) is 8.83. The molecule has 234 valence electrons. The normalized spacial score (nSPS) is 21.1. The van der Waals surface area contributed by atoms with Crippen LogP contribution in [0.3, 0.4) is 0 Å². The molecule has 8 nitrogen and oxygen atoms in total. The third-order valence-corrected chi connectivity index (χ3v) is 11.1. The van der Waals surface area contributed by atoms with Crippen LogP contribution in [0.15, 0.2) is 65.6 Å². The number of carbonyl (C=O) groups is 1. The summed E-state index contributed by atoms with van der Waals surface area (Å²) in [5.74, 6) is -1.47. The number of piperazine rings is 1. The molecule has 0 radical (unpaired) electrons. The Morgan fingerprint density at radius 3 is 2.27 bits per heavy atom. The molecule has 0 N–H and O–H groups in total. The number of halogens is 3. The topological polar surface area (TPSA) is 79.4 Å². The minimum atomic E-state index is -4.00. The lowest BCUT2D eigenvalue weighted by molar-refractivity contribution is 0.0482. The van der Waals surface area contributed by atoms with Crippen LogP contribution in [0.5, 0.6) is 5.75 Å². The van der Waals surface area contributed by atoms with Gasteiger partial charge >= 0.3 is 0 Å². The molecule has 44 heavy (non-hydrogen) atoms. The lowest BCUT2D eigenvalue weighted by atomic mass is 9.90. The second-order valence-electron chi connectivity index (χ2n) is 11.5. The van der Waals surface area contributed by atoms with Gasteiger partial charge in [0.15, 0.2) is 18.4 Å². The van der Waals surface area contributed by atoms with Gasteiger partial charge in [0.05, 0.1) is 21.2 Å². The number of amides is 1. The summed E-state index contributed by atoms with van der Waals surface area (Å²) < 4.78 is 69.2. The van der Waals surface area contributed by atoms with Crippen LogP contribution < -0.4 is 9.64 Å². The van der Waals surface area contributed by atoms with E-state index >= 15 is 4.39 Å². The summed E-state index contributed by atoms with van der Waals surface area (Å²) in [6.07, 6.45) is 2.76. The van der Waals surface area contributed by atoms with Gasteiger partial charge in [0, 0.05) is 45.4 Å². The quantitative estimate of drug-likeness (QED) is 0.294. The van der Waals surface area contributed by atoms with E-state index in [1.165, 1.54) is 35.2 Å². The Labute approximate surface area is 261 Å². The van der Waals surface area contributed by atoms with Crippen LogP contribution in [-0.4, -0.2) is 75.7 Å². The minimum Gasteiger partial charge on any atom is -0.462 e. The van der Waals surface area contributed by atoms with Crippen LogP contribution in [0.4, 0.5) is 14.5 Å². The van der Waals surface area contributed by atoms with Crippen LogP contribution in [0.25, 0.3) is 0 Å². The molecule has 0 aromatic heterocycles. The lowest BCUT2D eigenvalue weighted by Gasteiger charge is -2.43. The maximum atomic E-state index is 15.7. The van der Waals surface area contributed by atoms with E-state index in [2.05, 4.69) is 12.1 Å². The van der Waals surface area contributed by atoms with Crippen molar-refractivity contribution < 1.29 is 31.5 Å². The lowest BCUT2D eigenvalue weighted by Crippen LogP contribution is -2.55. The van der Waals surface area contributed by atoms with E-state index in [1.807, 2.05) is 23.1 Å². The van der Waals surface area contributed by atoms with Crippen LogP contribution in [0, 0.1) is 11.6 Å². The monoisotopic (exact) mass is 645 g/mol. The molecule has 1 amide bonds. The zero-order valence-corrected chi connectivity index (χ0v) is 25.9. The predicted molar refractivity (Wildman–Crippen MR) is 163 cm³/mol. The zero-order valence-electron chi connectivity index (χ0n) is 24.3. The van der Waals surface area contributed by atoms with E-state index in [0.29, 0.717) is 57.5 Å². The van der Waals surface area contributed by atoms with Crippen molar-refractivity contribution in [1.82, 2.24) is 9.21 Å². The fraction of sp³-hybridized carbons (Fsp3) is 0.406. The van der Waals surface area contributed by atoms with Crippen molar-refractivity contribution in [2.24, 2.45) is 0 Å². The maximum Gasteiger partial charge on any atom is 0.255 e. The molecule has 0 spiro atoms. The van der Waals surface area contributed by atoms with Crippen LogP contribution >= 0.6 is 11.6 Å². The van der Waals surface area contributed by atoms with Crippen LogP contribution in [0.2, 0.25) is 5.02 Å². The number of ether oxygens (including phenoxy) is 2. The number of rotatable bonds is 8. The number of methoxy groups -OCH3 is 1. The van der Waals surface area contributed by atoms with Gasteiger partial charge in [0.25, 0.3) is 5.91 Å². The highest BCUT2D eigenvalue weighted by atomic mass is 35.5. The highest BCUT2D eigenvalue weighted by Gasteiger charge is 2.44. The number of anilines is 1. The largest absolute Gasteiger partial charge is 0.462 e. The first kappa shape index (κ1) is 30.8. The number of carbonyl (C=O) groups excluding carboxylic acids is 1. The van der Waals surface area contributed by atoms with Crippen LogP contribution in [-0.2, 0) is 14.8 Å². The van der Waals surface area contributed by atoms with Gasteiger partial charge in [-0.15, -0.1) is 0 Å². The SMILES string of the molecule is COCOc1c(F)cc(S(=O)(=O)N2CCC(c3ccccc3)CC2)cc1N1C2CCC1CN(C(=O)c1ccc(F)cc1Cl)C2. The molecule has 12 heteroatoms. The molecular formula is C32H34ClF2N3O5S. The van der Waals surface area contributed by atoms with Gasteiger partial charge in [-0.1, -0.05) is 41.9 Å². The molecular weight excluding hydrogens is 612 g/mol. The number of hydrogen-bond acceptors (Lipinski definition) is 6. The van der Waals surface area contributed by atoms with Gasteiger partial charge in [0.1, 0.15) is 5.82 Å². The number of sulfonamides is 1. The van der Waals surface area contributed by atoms with E-state index in [0.717, 1.165) is 12.1 Å². The summed E-state index contributed by atoms with van der Waals surface area (Å²) in [6, 6.07) is 15.8.